The molecule has 0 saturated heterocycles. The van der Waals surface area contributed by atoms with Crippen LogP contribution < -0.4 is 10.1 Å². The summed E-state index contributed by atoms with van der Waals surface area (Å²) in [5.41, 5.74) is 0.146. The number of carboxylic acid groups (broad SMARTS) is 1. The maximum absolute atomic E-state index is 11.1. The Morgan fingerprint density at radius 1 is 1.52 bits per heavy atom. The lowest BCUT2D eigenvalue weighted by molar-refractivity contribution is -0.384. The summed E-state index contributed by atoms with van der Waals surface area (Å²) in [6, 6.07) is 3.20. The molecule has 7 heteroatoms. The Balaban J connectivity index is 3.09. The van der Waals surface area contributed by atoms with E-state index >= 15 is 0 Å². The zero-order chi connectivity index (χ0) is 16.0. The first-order valence-corrected chi connectivity index (χ1v) is 6.40. The molecule has 0 fully saturated rings. The molecule has 0 aliphatic carbocycles. The molecule has 1 rings (SSSR count). The second-order valence-corrected chi connectivity index (χ2v) is 4.70. The second kappa shape index (κ2) is 7.28. The van der Waals surface area contributed by atoms with Crippen LogP contribution in [0.3, 0.4) is 0 Å². The van der Waals surface area contributed by atoms with Crippen LogP contribution in [-0.4, -0.2) is 28.1 Å². The predicted octanol–water partition coefficient (Wildman–Crippen LogP) is 2.82. The van der Waals surface area contributed by atoms with Crippen LogP contribution in [0.25, 0.3) is 0 Å². The number of nitrogens with zero attached hydrogens (tertiary/aromatic N) is 1. The molecule has 0 radical (unpaired) electrons. The number of carbonyl (C=O) groups is 1. The van der Waals surface area contributed by atoms with E-state index in [0.29, 0.717) is 11.4 Å². The normalized spacial score (nSPS) is 11.8. The predicted molar refractivity (Wildman–Crippen MR) is 78.7 cm³/mol. The molecule has 1 aromatic carbocycles. The van der Waals surface area contributed by atoms with E-state index in [1.165, 1.54) is 24.3 Å². The molecule has 0 aliphatic rings. The van der Waals surface area contributed by atoms with Crippen molar-refractivity contribution in [1.29, 1.82) is 0 Å². The van der Waals surface area contributed by atoms with E-state index in [1.54, 1.807) is 13.8 Å². The van der Waals surface area contributed by atoms with Crippen molar-refractivity contribution in [3.05, 3.63) is 41.0 Å². The van der Waals surface area contributed by atoms with E-state index in [1.807, 2.05) is 0 Å². The van der Waals surface area contributed by atoms with Crippen molar-refractivity contribution in [2.24, 2.45) is 0 Å². The number of nitro benzene ring substituents is 1. The highest BCUT2D eigenvalue weighted by atomic mass is 16.6. The van der Waals surface area contributed by atoms with Gasteiger partial charge in [-0.3, -0.25) is 10.1 Å². The Morgan fingerprint density at radius 3 is 2.67 bits per heavy atom. The average molecular weight is 294 g/mol. The third kappa shape index (κ3) is 5.13. The highest BCUT2D eigenvalue weighted by molar-refractivity contribution is 5.78. The molecule has 1 aromatic rings. The smallest absolute Gasteiger partial charge is 0.326 e. The van der Waals surface area contributed by atoms with Crippen LogP contribution in [0.4, 0.5) is 11.4 Å². The van der Waals surface area contributed by atoms with Gasteiger partial charge in [-0.05, 0) is 20.3 Å². The number of nitro groups is 1. The summed E-state index contributed by atoms with van der Waals surface area (Å²) in [7, 11) is 0. The first kappa shape index (κ1) is 16.5. The molecule has 0 aliphatic heterocycles. The van der Waals surface area contributed by atoms with Crippen molar-refractivity contribution in [3.8, 4) is 5.75 Å². The molecule has 0 amide bonds. The lowest BCUT2D eigenvalue weighted by atomic mass is 10.2. The number of anilines is 1. The van der Waals surface area contributed by atoms with Gasteiger partial charge in [-0.1, -0.05) is 6.08 Å². The van der Waals surface area contributed by atoms with Crippen LogP contribution in [0.1, 0.15) is 20.3 Å². The summed E-state index contributed by atoms with van der Waals surface area (Å²) in [6.07, 6.45) is 1.51. The first-order valence-electron chi connectivity index (χ1n) is 6.40. The molecule has 7 nitrogen and oxygen atoms in total. The summed E-state index contributed by atoms with van der Waals surface area (Å²) in [4.78, 5) is 21.5. The largest absolute Gasteiger partial charge is 0.491 e. The Labute approximate surface area is 122 Å². The number of benzene rings is 1. The molecule has 2 N–H and O–H groups in total. The van der Waals surface area contributed by atoms with Crippen molar-refractivity contribution in [2.45, 2.75) is 32.4 Å². The molecular formula is C14H18N2O5. The van der Waals surface area contributed by atoms with Gasteiger partial charge in [-0.2, -0.15) is 0 Å². The van der Waals surface area contributed by atoms with E-state index < -0.39 is 16.9 Å². The molecule has 0 saturated carbocycles. The Kier molecular flexibility index (Phi) is 5.71. The zero-order valence-electron chi connectivity index (χ0n) is 11.9. The highest BCUT2D eigenvalue weighted by Crippen LogP contribution is 2.27. The van der Waals surface area contributed by atoms with E-state index in [2.05, 4.69) is 11.9 Å². The van der Waals surface area contributed by atoms with Crippen molar-refractivity contribution in [2.75, 3.05) is 5.32 Å². The quantitative estimate of drug-likeness (QED) is 0.434. The van der Waals surface area contributed by atoms with Gasteiger partial charge in [0.1, 0.15) is 11.8 Å². The van der Waals surface area contributed by atoms with Gasteiger partial charge in [0.25, 0.3) is 5.69 Å². The molecule has 0 aromatic heterocycles. The minimum atomic E-state index is -1.06. The molecule has 21 heavy (non-hydrogen) atoms. The first-order chi connectivity index (χ1) is 9.83. The molecule has 1 atom stereocenters. The van der Waals surface area contributed by atoms with Crippen LogP contribution in [-0.2, 0) is 4.79 Å². The topological polar surface area (TPSA) is 102 Å². The van der Waals surface area contributed by atoms with Gasteiger partial charge >= 0.3 is 5.97 Å². The lowest BCUT2D eigenvalue weighted by Gasteiger charge is -2.16. The van der Waals surface area contributed by atoms with Gasteiger partial charge in [-0.25, -0.2) is 4.79 Å². The summed E-state index contributed by atoms with van der Waals surface area (Å²) < 4.78 is 5.44. The fourth-order valence-corrected chi connectivity index (χ4v) is 1.70. The SMILES string of the molecule is C=CCC(Nc1cc(OC(C)C)cc([N+](=O)[O-])c1)C(=O)O. The Morgan fingerprint density at radius 2 is 2.19 bits per heavy atom. The number of ether oxygens (including phenoxy) is 1. The van der Waals surface area contributed by atoms with Gasteiger partial charge in [-0.15, -0.1) is 6.58 Å². The molecule has 0 bridgehead atoms. The highest BCUT2D eigenvalue weighted by Gasteiger charge is 2.18. The summed E-state index contributed by atoms with van der Waals surface area (Å²) in [5.74, 6) is -0.753. The number of hydrogen-bond donors (Lipinski definition) is 2. The van der Waals surface area contributed by atoms with Crippen molar-refractivity contribution >= 4 is 17.3 Å². The van der Waals surface area contributed by atoms with E-state index in [-0.39, 0.29) is 18.2 Å². The monoisotopic (exact) mass is 294 g/mol. The number of aliphatic carboxylic acids is 1. The van der Waals surface area contributed by atoms with E-state index in [9.17, 15) is 14.9 Å². The van der Waals surface area contributed by atoms with Crippen LogP contribution in [0.5, 0.6) is 5.75 Å². The Bertz CT molecular complexity index is 542. The summed E-state index contributed by atoms with van der Waals surface area (Å²) >= 11 is 0. The minimum absolute atomic E-state index is 0.150. The van der Waals surface area contributed by atoms with Gasteiger partial charge in [0, 0.05) is 17.8 Å². The number of rotatable bonds is 8. The third-order valence-electron chi connectivity index (χ3n) is 2.52. The molecule has 1 unspecified atom stereocenters. The lowest BCUT2D eigenvalue weighted by Crippen LogP contribution is -2.28. The van der Waals surface area contributed by atoms with Crippen LogP contribution in [0, 0.1) is 10.1 Å². The average Bonchev–Trinajstić information content (AvgIpc) is 2.36. The fourth-order valence-electron chi connectivity index (χ4n) is 1.70. The molecule has 0 spiro atoms. The maximum atomic E-state index is 11.1. The summed E-state index contributed by atoms with van der Waals surface area (Å²) in [6.45, 7) is 7.08. The fraction of sp³-hybridized carbons (Fsp3) is 0.357. The standard InChI is InChI=1S/C14H18N2O5/c1-4-5-13(14(17)18)15-10-6-11(16(19)20)8-12(7-10)21-9(2)3/h4,6-9,13,15H,1,5H2,2-3H3,(H,17,18). The number of hydrogen-bond acceptors (Lipinski definition) is 5. The van der Waals surface area contributed by atoms with Crippen molar-refractivity contribution in [3.63, 3.8) is 0 Å². The van der Waals surface area contributed by atoms with Crippen LogP contribution in [0.15, 0.2) is 30.9 Å². The van der Waals surface area contributed by atoms with Crippen molar-refractivity contribution < 1.29 is 19.6 Å². The minimum Gasteiger partial charge on any atom is -0.491 e. The zero-order valence-corrected chi connectivity index (χ0v) is 11.9. The second-order valence-electron chi connectivity index (χ2n) is 4.70. The van der Waals surface area contributed by atoms with Crippen LogP contribution in [0.2, 0.25) is 0 Å². The number of carboxylic acids is 1. The molecular weight excluding hydrogens is 276 g/mol. The van der Waals surface area contributed by atoms with E-state index in [4.69, 9.17) is 9.84 Å². The van der Waals surface area contributed by atoms with Gasteiger partial charge in [0.05, 0.1) is 17.1 Å². The number of nitrogens with one attached hydrogen (secondary N) is 1. The summed E-state index contributed by atoms with van der Waals surface area (Å²) in [5, 5.41) is 22.7. The maximum Gasteiger partial charge on any atom is 0.326 e. The Hall–Kier alpha value is -2.57. The van der Waals surface area contributed by atoms with Gasteiger partial charge in [0.15, 0.2) is 0 Å². The van der Waals surface area contributed by atoms with Gasteiger partial charge in [0.2, 0.25) is 0 Å². The van der Waals surface area contributed by atoms with Gasteiger partial charge < -0.3 is 15.2 Å². The third-order valence-corrected chi connectivity index (χ3v) is 2.52. The molecule has 0 heterocycles. The number of non-ortho nitro benzene ring substituents is 1. The molecule has 114 valence electrons. The van der Waals surface area contributed by atoms with Crippen molar-refractivity contribution in [1.82, 2.24) is 0 Å². The van der Waals surface area contributed by atoms with E-state index in [0.717, 1.165) is 0 Å². The van der Waals surface area contributed by atoms with Crippen LogP contribution >= 0.6 is 0 Å².